The molecular weight excluding hydrogens is 558 g/mol. The third kappa shape index (κ3) is 6.61. The number of nitrogens with two attached hydrogens (primary N) is 1. The molecule has 0 radical (unpaired) electrons. The van der Waals surface area contributed by atoms with E-state index in [0.29, 0.717) is 37.3 Å². The lowest BCUT2D eigenvalue weighted by Gasteiger charge is -2.41. The van der Waals surface area contributed by atoms with Crippen LogP contribution in [0.1, 0.15) is 42.6 Å². The maximum atomic E-state index is 12.8. The van der Waals surface area contributed by atoms with E-state index in [0.717, 1.165) is 34.8 Å². The first kappa shape index (κ1) is 30.8. The number of fused-ring (bicyclic) bond motifs is 1. The number of rotatable bonds is 11. The van der Waals surface area contributed by atoms with Crippen LogP contribution in [0.25, 0.3) is 5.65 Å². The fraction of sp³-hybridized carbons (Fsp3) is 0.375. The van der Waals surface area contributed by atoms with Crippen molar-refractivity contribution in [2.24, 2.45) is 10.8 Å². The maximum Gasteiger partial charge on any atom is 0.246 e. The zero-order valence-electron chi connectivity index (χ0n) is 26.0. The molecule has 3 N–H and O–H groups in total. The molecule has 4 aromatic rings. The highest BCUT2D eigenvalue weighted by atomic mass is 16.5. The summed E-state index contributed by atoms with van der Waals surface area (Å²) in [6, 6.07) is 11.6. The standard InChI is InChI=1S/C32H41N9O3/c1-23-19-25(8-9-28(23)44-26-10-15-40-29(20-26)34-22-36-40)37-24(2)31-27(11-16-41(31)35-21-33)32(43-5)12-17-39(18-13-32)30(42)7-6-14-38(3)4/h6-11,15-16,19-22,24,37H,12-14,17-18H2,1-5H3,(H2,33,35)/b7-6+. The maximum absolute atomic E-state index is 12.8. The Morgan fingerprint density at radius 3 is 2.70 bits per heavy atom. The van der Waals surface area contributed by atoms with Gasteiger partial charge in [0.2, 0.25) is 5.91 Å². The fourth-order valence-corrected chi connectivity index (χ4v) is 5.72. The van der Waals surface area contributed by atoms with Gasteiger partial charge in [-0.15, -0.1) is 0 Å². The number of aromatic nitrogens is 4. The van der Waals surface area contributed by atoms with Gasteiger partial charge in [0.1, 0.15) is 24.2 Å². The molecule has 0 saturated carbocycles. The van der Waals surface area contributed by atoms with Gasteiger partial charge in [0.05, 0.1) is 17.3 Å². The smallest absolute Gasteiger partial charge is 0.246 e. The summed E-state index contributed by atoms with van der Waals surface area (Å²) in [4.78, 5) is 20.9. The van der Waals surface area contributed by atoms with E-state index in [4.69, 9.17) is 15.2 Å². The number of pyridine rings is 1. The minimum atomic E-state index is -0.566. The summed E-state index contributed by atoms with van der Waals surface area (Å²) >= 11 is 0. The van der Waals surface area contributed by atoms with Crippen molar-refractivity contribution in [2.75, 3.05) is 46.2 Å². The molecule has 1 aliphatic rings. The summed E-state index contributed by atoms with van der Waals surface area (Å²) in [5, 5.41) is 12.2. The number of hydrogen-bond donors (Lipinski definition) is 2. The Balaban J connectivity index is 1.33. The lowest BCUT2D eigenvalue weighted by molar-refractivity contribution is -0.132. The van der Waals surface area contributed by atoms with Crippen molar-refractivity contribution >= 4 is 23.6 Å². The van der Waals surface area contributed by atoms with E-state index in [1.165, 1.54) is 12.7 Å². The lowest BCUT2D eigenvalue weighted by atomic mass is 9.83. The molecule has 12 heteroatoms. The highest BCUT2D eigenvalue weighted by Crippen LogP contribution is 2.41. The molecule has 5 rings (SSSR count). The molecule has 1 saturated heterocycles. The van der Waals surface area contributed by atoms with Gasteiger partial charge in [-0.3, -0.25) is 4.79 Å². The number of hydrogen-bond acceptors (Lipinski definition) is 8. The Bertz CT molecular complexity index is 1650. The van der Waals surface area contributed by atoms with Crippen molar-refractivity contribution in [3.8, 4) is 11.5 Å². The molecular formula is C32H41N9O3. The molecule has 4 heterocycles. The van der Waals surface area contributed by atoms with Crippen LogP contribution < -0.4 is 15.8 Å². The summed E-state index contributed by atoms with van der Waals surface area (Å²) in [5.41, 5.74) is 9.76. The van der Waals surface area contributed by atoms with Crippen LogP contribution in [-0.4, -0.2) is 82.2 Å². The number of likely N-dealkylation sites (tertiary alicyclic amines) is 1. The Hall–Kier alpha value is -4.68. The van der Waals surface area contributed by atoms with Gasteiger partial charge >= 0.3 is 0 Å². The van der Waals surface area contributed by atoms with Gasteiger partial charge in [-0.2, -0.15) is 10.2 Å². The van der Waals surface area contributed by atoms with Crippen molar-refractivity contribution in [3.63, 3.8) is 0 Å². The van der Waals surface area contributed by atoms with Crippen molar-refractivity contribution < 1.29 is 14.3 Å². The van der Waals surface area contributed by atoms with Gasteiger partial charge in [0.25, 0.3) is 0 Å². The molecule has 1 amide bonds. The first-order valence-corrected chi connectivity index (χ1v) is 14.7. The number of likely N-dealkylation sites (N-methyl/N-ethyl adjacent to an activating group) is 1. The number of methoxy groups -OCH3 is 1. The highest BCUT2D eigenvalue weighted by molar-refractivity contribution is 5.87. The molecule has 1 aromatic carbocycles. The van der Waals surface area contributed by atoms with Crippen molar-refractivity contribution in [2.45, 2.75) is 38.3 Å². The molecule has 0 spiro atoms. The number of benzene rings is 1. The Labute approximate surface area is 257 Å². The number of ether oxygens (including phenoxy) is 2. The SMILES string of the molecule is COC1(c2ccn(/N=C\N)c2C(C)Nc2ccc(Oc3ccn4ncnc4c3)c(C)c2)CCN(C(=O)/C=C/CN(C)C)CC1. The van der Waals surface area contributed by atoms with E-state index < -0.39 is 5.60 Å². The van der Waals surface area contributed by atoms with E-state index in [1.54, 1.807) is 22.4 Å². The Kier molecular flexibility index (Phi) is 9.31. The van der Waals surface area contributed by atoms with Gasteiger partial charge in [0.15, 0.2) is 5.65 Å². The summed E-state index contributed by atoms with van der Waals surface area (Å²) < 4.78 is 15.9. The molecule has 0 bridgehead atoms. The molecule has 1 unspecified atom stereocenters. The van der Waals surface area contributed by atoms with Crippen LogP contribution in [-0.2, 0) is 15.1 Å². The van der Waals surface area contributed by atoms with Crippen molar-refractivity contribution in [3.05, 3.63) is 84.1 Å². The monoisotopic (exact) mass is 599 g/mol. The Morgan fingerprint density at radius 2 is 2.00 bits per heavy atom. The number of carbonyl (C=O) groups is 1. The third-order valence-electron chi connectivity index (χ3n) is 8.04. The quantitative estimate of drug-likeness (QED) is 0.150. The van der Waals surface area contributed by atoms with Crippen LogP contribution in [0.3, 0.4) is 0 Å². The number of amides is 1. The van der Waals surface area contributed by atoms with Gasteiger partial charge in [-0.05, 0) is 76.7 Å². The lowest BCUT2D eigenvalue weighted by Crippen LogP contribution is -2.46. The van der Waals surface area contributed by atoms with Crippen LogP contribution in [0.15, 0.2) is 72.4 Å². The van der Waals surface area contributed by atoms with Crippen LogP contribution in [0.5, 0.6) is 11.5 Å². The Morgan fingerprint density at radius 1 is 1.20 bits per heavy atom. The van der Waals surface area contributed by atoms with E-state index in [9.17, 15) is 4.79 Å². The van der Waals surface area contributed by atoms with Crippen molar-refractivity contribution in [1.82, 2.24) is 29.1 Å². The second-order valence-corrected chi connectivity index (χ2v) is 11.3. The predicted octanol–water partition coefficient (Wildman–Crippen LogP) is 4.14. The van der Waals surface area contributed by atoms with E-state index in [-0.39, 0.29) is 11.9 Å². The number of nitrogens with zero attached hydrogens (tertiary/aromatic N) is 7. The van der Waals surface area contributed by atoms with Gasteiger partial charge < -0.3 is 30.3 Å². The van der Waals surface area contributed by atoms with Crippen LogP contribution in [0.2, 0.25) is 0 Å². The molecule has 1 aliphatic heterocycles. The van der Waals surface area contributed by atoms with Crippen molar-refractivity contribution in [1.29, 1.82) is 0 Å². The van der Waals surface area contributed by atoms with Gasteiger partial charge in [-0.1, -0.05) is 6.08 Å². The highest BCUT2D eigenvalue weighted by Gasteiger charge is 2.40. The number of nitrogens with one attached hydrogen (secondary N) is 1. The predicted molar refractivity (Wildman–Crippen MR) is 171 cm³/mol. The fourth-order valence-electron chi connectivity index (χ4n) is 5.72. The molecule has 232 valence electrons. The number of piperidine rings is 1. The van der Waals surface area contributed by atoms with E-state index >= 15 is 0 Å². The average Bonchev–Trinajstić information content (AvgIpc) is 3.66. The zero-order chi connectivity index (χ0) is 31.3. The summed E-state index contributed by atoms with van der Waals surface area (Å²) in [6.07, 6.45) is 11.4. The van der Waals surface area contributed by atoms with Crippen LogP contribution in [0, 0.1) is 6.92 Å². The second-order valence-electron chi connectivity index (χ2n) is 11.3. The minimum absolute atomic E-state index is 0.0268. The second kappa shape index (κ2) is 13.3. The molecule has 12 nitrogen and oxygen atoms in total. The summed E-state index contributed by atoms with van der Waals surface area (Å²) in [6.45, 7) is 6.01. The third-order valence-corrected chi connectivity index (χ3v) is 8.04. The number of carbonyl (C=O) groups excluding carboxylic acids is 1. The minimum Gasteiger partial charge on any atom is -0.457 e. The number of anilines is 1. The average molecular weight is 600 g/mol. The zero-order valence-corrected chi connectivity index (χ0v) is 26.0. The molecule has 1 fully saturated rings. The first-order valence-electron chi connectivity index (χ1n) is 14.7. The number of aryl methyl sites for hydroxylation is 1. The molecule has 44 heavy (non-hydrogen) atoms. The van der Waals surface area contributed by atoms with Crippen LogP contribution >= 0.6 is 0 Å². The molecule has 0 aliphatic carbocycles. The largest absolute Gasteiger partial charge is 0.457 e. The van der Waals surface area contributed by atoms with Crippen LogP contribution in [0.4, 0.5) is 5.69 Å². The van der Waals surface area contributed by atoms with Gasteiger partial charge in [-0.25, -0.2) is 14.2 Å². The molecule has 3 aromatic heterocycles. The van der Waals surface area contributed by atoms with E-state index in [2.05, 4.69) is 33.5 Å². The normalized spacial score (nSPS) is 15.9. The van der Waals surface area contributed by atoms with E-state index in [1.807, 2.05) is 79.6 Å². The topological polar surface area (TPSA) is 128 Å². The first-order chi connectivity index (χ1) is 21.2. The summed E-state index contributed by atoms with van der Waals surface area (Å²) in [7, 11) is 5.69. The summed E-state index contributed by atoms with van der Waals surface area (Å²) in [5.74, 6) is 1.46. The molecule has 1 atom stereocenters. The van der Waals surface area contributed by atoms with Gasteiger partial charge in [0, 0.05) is 62.5 Å².